The molecule has 0 bridgehead atoms. The summed E-state index contributed by atoms with van der Waals surface area (Å²) in [4.78, 5) is 20.1. The second-order valence-corrected chi connectivity index (χ2v) is 3.61. The summed E-state index contributed by atoms with van der Waals surface area (Å²) < 4.78 is 0. The van der Waals surface area contributed by atoms with Crippen molar-refractivity contribution in [2.24, 2.45) is 11.1 Å². The molecule has 0 spiro atoms. The quantitative estimate of drug-likeness (QED) is 0.741. The van der Waals surface area contributed by atoms with Crippen molar-refractivity contribution in [1.82, 2.24) is 9.97 Å². The van der Waals surface area contributed by atoms with E-state index < -0.39 is 5.41 Å². The molecule has 4 heteroatoms. The zero-order chi connectivity index (χ0) is 11.3. The number of nitrogens with zero attached hydrogens (tertiary/aromatic N) is 2. The molecule has 0 amide bonds. The normalized spacial score (nSPS) is 11.4. The summed E-state index contributed by atoms with van der Waals surface area (Å²) in [5.41, 5.74) is 5.63. The molecule has 0 aliphatic rings. The number of aromatic nitrogens is 2. The Hall–Kier alpha value is -1.29. The molecular formula is C11H17N3O. The number of carbonyl (C=O) groups excluding carboxylic acids is 1. The second kappa shape index (κ2) is 4.98. The van der Waals surface area contributed by atoms with E-state index in [0.29, 0.717) is 12.2 Å². The minimum Gasteiger partial charge on any atom is -0.329 e. The van der Waals surface area contributed by atoms with Crippen molar-refractivity contribution in [2.45, 2.75) is 26.7 Å². The van der Waals surface area contributed by atoms with Crippen molar-refractivity contribution in [3.8, 4) is 0 Å². The molecule has 0 aliphatic carbocycles. The zero-order valence-corrected chi connectivity index (χ0v) is 9.23. The highest BCUT2D eigenvalue weighted by molar-refractivity contribution is 5.98. The van der Waals surface area contributed by atoms with Gasteiger partial charge in [0.15, 0.2) is 5.78 Å². The first-order valence-electron chi connectivity index (χ1n) is 5.21. The van der Waals surface area contributed by atoms with Crippen molar-refractivity contribution in [1.29, 1.82) is 0 Å². The Bertz CT molecular complexity index is 312. The van der Waals surface area contributed by atoms with Crippen LogP contribution in [0.3, 0.4) is 0 Å². The van der Waals surface area contributed by atoms with Crippen LogP contribution in [-0.2, 0) is 0 Å². The van der Waals surface area contributed by atoms with Gasteiger partial charge in [-0.3, -0.25) is 9.78 Å². The fourth-order valence-electron chi connectivity index (χ4n) is 1.64. The van der Waals surface area contributed by atoms with Crippen LogP contribution in [0, 0.1) is 5.41 Å². The zero-order valence-electron chi connectivity index (χ0n) is 9.23. The van der Waals surface area contributed by atoms with Crippen LogP contribution in [0.25, 0.3) is 0 Å². The van der Waals surface area contributed by atoms with Gasteiger partial charge in [0.05, 0.1) is 6.20 Å². The Kier molecular flexibility index (Phi) is 3.91. The van der Waals surface area contributed by atoms with Gasteiger partial charge in [0.1, 0.15) is 5.69 Å². The van der Waals surface area contributed by atoms with Crippen LogP contribution in [0.15, 0.2) is 18.6 Å². The molecule has 0 atom stereocenters. The van der Waals surface area contributed by atoms with E-state index in [1.165, 1.54) is 12.4 Å². The highest BCUT2D eigenvalue weighted by Crippen LogP contribution is 2.28. The average Bonchev–Trinajstić information content (AvgIpc) is 2.33. The molecule has 0 fully saturated rings. The summed E-state index contributed by atoms with van der Waals surface area (Å²) in [6, 6.07) is 0. The maximum absolute atomic E-state index is 12.2. The van der Waals surface area contributed by atoms with Crippen LogP contribution >= 0.6 is 0 Å². The lowest BCUT2D eigenvalue weighted by Gasteiger charge is -2.27. The summed E-state index contributed by atoms with van der Waals surface area (Å²) in [5, 5.41) is 0. The van der Waals surface area contributed by atoms with Crippen LogP contribution in [0.2, 0.25) is 0 Å². The van der Waals surface area contributed by atoms with E-state index in [-0.39, 0.29) is 5.78 Å². The molecule has 15 heavy (non-hydrogen) atoms. The fraction of sp³-hybridized carbons (Fsp3) is 0.545. The smallest absolute Gasteiger partial charge is 0.190 e. The molecule has 0 radical (unpaired) electrons. The van der Waals surface area contributed by atoms with Crippen molar-refractivity contribution in [2.75, 3.05) is 6.54 Å². The number of nitrogens with two attached hydrogens (primary N) is 1. The number of rotatable bonds is 5. The molecule has 1 aromatic heterocycles. The van der Waals surface area contributed by atoms with Gasteiger partial charge < -0.3 is 5.73 Å². The third-order valence-corrected chi connectivity index (χ3v) is 3.02. The molecule has 0 saturated carbocycles. The van der Waals surface area contributed by atoms with E-state index in [1.54, 1.807) is 6.20 Å². The van der Waals surface area contributed by atoms with Crippen LogP contribution in [-0.4, -0.2) is 22.3 Å². The summed E-state index contributed by atoms with van der Waals surface area (Å²) in [6.45, 7) is 4.31. The molecule has 2 N–H and O–H groups in total. The molecule has 1 aromatic rings. The van der Waals surface area contributed by atoms with Crippen LogP contribution in [0.4, 0.5) is 0 Å². The monoisotopic (exact) mass is 207 g/mol. The van der Waals surface area contributed by atoms with Gasteiger partial charge in [0.2, 0.25) is 0 Å². The van der Waals surface area contributed by atoms with Crippen LogP contribution < -0.4 is 5.73 Å². The van der Waals surface area contributed by atoms with Gasteiger partial charge >= 0.3 is 0 Å². The topological polar surface area (TPSA) is 68.9 Å². The first-order valence-corrected chi connectivity index (χ1v) is 5.21. The molecule has 0 saturated heterocycles. The molecular weight excluding hydrogens is 190 g/mol. The SMILES string of the molecule is CCC(CC)(CN)C(=O)c1cnccn1. The first kappa shape index (κ1) is 11.8. The second-order valence-electron chi connectivity index (χ2n) is 3.61. The maximum atomic E-state index is 12.2. The third kappa shape index (κ3) is 2.21. The van der Waals surface area contributed by atoms with Gasteiger partial charge in [-0.15, -0.1) is 0 Å². The Labute approximate surface area is 89.9 Å². The van der Waals surface area contributed by atoms with E-state index >= 15 is 0 Å². The van der Waals surface area contributed by atoms with Crippen molar-refractivity contribution < 1.29 is 4.79 Å². The van der Waals surface area contributed by atoms with Crippen molar-refractivity contribution in [3.63, 3.8) is 0 Å². The average molecular weight is 207 g/mol. The van der Waals surface area contributed by atoms with E-state index in [4.69, 9.17) is 5.73 Å². The Morgan fingerprint density at radius 3 is 2.47 bits per heavy atom. The number of carbonyl (C=O) groups is 1. The summed E-state index contributed by atoms with van der Waals surface area (Å²) >= 11 is 0. The van der Waals surface area contributed by atoms with Gasteiger partial charge in [-0.1, -0.05) is 13.8 Å². The molecule has 0 unspecified atom stereocenters. The van der Waals surface area contributed by atoms with Crippen LogP contribution in [0.1, 0.15) is 37.2 Å². The lowest BCUT2D eigenvalue weighted by atomic mass is 9.77. The minimum absolute atomic E-state index is 0.00287. The Balaban J connectivity index is 3.01. The number of Topliss-reactive ketones (excluding diaryl/α,β-unsaturated/α-hetero) is 1. The predicted molar refractivity (Wildman–Crippen MR) is 58.4 cm³/mol. The van der Waals surface area contributed by atoms with Gasteiger partial charge in [-0.2, -0.15) is 0 Å². The molecule has 1 heterocycles. The van der Waals surface area contributed by atoms with Gasteiger partial charge in [-0.05, 0) is 12.8 Å². The number of hydrogen-bond acceptors (Lipinski definition) is 4. The lowest BCUT2D eigenvalue weighted by Crippen LogP contribution is -2.38. The highest BCUT2D eigenvalue weighted by atomic mass is 16.1. The summed E-state index contributed by atoms with van der Waals surface area (Å²) in [7, 11) is 0. The standard InChI is InChI=1S/C11H17N3O/c1-3-11(4-2,8-12)10(15)9-7-13-5-6-14-9/h5-7H,3-4,8,12H2,1-2H3. The molecule has 4 nitrogen and oxygen atoms in total. The summed E-state index contributed by atoms with van der Waals surface area (Å²) in [6.07, 6.45) is 6.04. The van der Waals surface area contributed by atoms with Gasteiger partial charge in [0.25, 0.3) is 0 Å². The Morgan fingerprint density at radius 2 is 2.07 bits per heavy atom. The summed E-state index contributed by atoms with van der Waals surface area (Å²) in [5.74, 6) is 0.00287. The predicted octanol–water partition coefficient (Wildman–Crippen LogP) is 1.42. The lowest BCUT2D eigenvalue weighted by molar-refractivity contribution is 0.0781. The first-order chi connectivity index (χ1) is 7.20. The Morgan fingerprint density at radius 1 is 1.40 bits per heavy atom. The molecule has 82 valence electrons. The largest absolute Gasteiger partial charge is 0.329 e. The highest BCUT2D eigenvalue weighted by Gasteiger charge is 2.34. The van der Waals surface area contributed by atoms with Crippen molar-refractivity contribution in [3.05, 3.63) is 24.3 Å². The van der Waals surface area contributed by atoms with E-state index in [9.17, 15) is 4.79 Å². The van der Waals surface area contributed by atoms with Crippen LogP contribution in [0.5, 0.6) is 0 Å². The number of ketones is 1. The van der Waals surface area contributed by atoms with E-state index in [0.717, 1.165) is 12.8 Å². The van der Waals surface area contributed by atoms with E-state index in [1.807, 2.05) is 13.8 Å². The molecule has 0 aromatic carbocycles. The molecule has 0 aliphatic heterocycles. The van der Waals surface area contributed by atoms with E-state index in [2.05, 4.69) is 9.97 Å². The third-order valence-electron chi connectivity index (χ3n) is 3.02. The molecule has 1 rings (SSSR count). The maximum Gasteiger partial charge on any atom is 0.190 e. The van der Waals surface area contributed by atoms with Crippen molar-refractivity contribution >= 4 is 5.78 Å². The van der Waals surface area contributed by atoms with Gasteiger partial charge in [0, 0.05) is 24.4 Å². The van der Waals surface area contributed by atoms with Gasteiger partial charge in [-0.25, -0.2) is 4.98 Å². The number of hydrogen-bond donors (Lipinski definition) is 1. The fourth-order valence-corrected chi connectivity index (χ4v) is 1.64. The minimum atomic E-state index is -0.476.